The summed E-state index contributed by atoms with van der Waals surface area (Å²) >= 11 is 0. The van der Waals surface area contributed by atoms with Crippen molar-refractivity contribution in [3.05, 3.63) is 72.3 Å². The van der Waals surface area contributed by atoms with Gasteiger partial charge >= 0.3 is 5.97 Å². The highest BCUT2D eigenvalue weighted by atomic mass is 16.6. The van der Waals surface area contributed by atoms with E-state index in [2.05, 4.69) is 10.6 Å². The lowest BCUT2D eigenvalue weighted by Gasteiger charge is -2.32. The summed E-state index contributed by atoms with van der Waals surface area (Å²) in [4.78, 5) is 54.2. The maximum absolute atomic E-state index is 13.7. The van der Waals surface area contributed by atoms with Gasteiger partial charge in [-0.2, -0.15) is 0 Å². The van der Waals surface area contributed by atoms with Gasteiger partial charge in [0, 0.05) is 12.6 Å². The zero-order chi connectivity index (χ0) is 32.3. The molecular weight excluding hydrogens is 562 g/mol. The van der Waals surface area contributed by atoms with E-state index in [0.29, 0.717) is 25.1 Å². The summed E-state index contributed by atoms with van der Waals surface area (Å²) in [6.45, 7) is 9.02. The fraction of sp³-hybridized carbons (Fsp3) is 0.471. The van der Waals surface area contributed by atoms with Crippen molar-refractivity contribution in [2.75, 3.05) is 13.2 Å². The molecule has 1 unspecified atom stereocenters. The Labute approximate surface area is 259 Å². The SMILES string of the molecule is CC(C)[C@H](NC(=O)/C=C/c1ccccc1)C(=O)N1CCC[C@H]1C(=O)N[C@@H](CC(=O)OC(C)(C)C)C(O)COc1ccccc1. The Morgan fingerprint density at radius 2 is 1.64 bits per heavy atom. The zero-order valence-corrected chi connectivity index (χ0v) is 26.2. The molecule has 2 aromatic carbocycles. The molecule has 0 aliphatic carbocycles. The number of ether oxygens (including phenoxy) is 2. The molecule has 1 aliphatic rings. The zero-order valence-electron chi connectivity index (χ0n) is 26.2. The first-order valence-corrected chi connectivity index (χ1v) is 15.1. The number of benzene rings is 2. The van der Waals surface area contributed by atoms with E-state index in [1.54, 1.807) is 51.1 Å². The van der Waals surface area contributed by atoms with Gasteiger partial charge in [-0.05, 0) is 63.3 Å². The molecular formula is C34H45N3O7. The maximum atomic E-state index is 13.7. The molecule has 44 heavy (non-hydrogen) atoms. The van der Waals surface area contributed by atoms with Gasteiger partial charge in [-0.1, -0.05) is 62.4 Å². The normalized spacial score (nSPS) is 17.2. The third-order valence-electron chi connectivity index (χ3n) is 7.06. The molecule has 1 saturated heterocycles. The summed E-state index contributed by atoms with van der Waals surface area (Å²) in [6.07, 6.45) is 2.51. The number of aliphatic hydroxyl groups excluding tert-OH is 1. The first-order valence-electron chi connectivity index (χ1n) is 15.1. The predicted molar refractivity (Wildman–Crippen MR) is 167 cm³/mol. The van der Waals surface area contributed by atoms with E-state index in [9.17, 15) is 24.3 Å². The Bertz CT molecular complexity index is 1270. The second-order valence-corrected chi connectivity index (χ2v) is 12.3. The van der Waals surface area contributed by atoms with Crippen LogP contribution in [0.25, 0.3) is 6.08 Å². The number of carbonyl (C=O) groups is 4. The number of aliphatic hydroxyl groups is 1. The maximum Gasteiger partial charge on any atom is 0.308 e. The van der Waals surface area contributed by atoms with E-state index < -0.39 is 47.6 Å². The second-order valence-electron chi connectivity index (χ2n) is 12.3. The van der Waals surface area contributed by atoms with Crippen molar-refractivity contribution in [2.45, 2.75) is 83.7 Å². The molecule has 2 aromatic rings. The number of amides is 3. The van der Waals surface area contributed by atoms with Crippen LogP contribution in [0.4, 0.5) is 0 Å². The summed E-state index contributed by atoms with van der Waals surface area (Å²) in [7, 11) is 0. The fourth-order valence-corrected chi connectivity index (χ4v) is 4.87. The largest absolute Gasteiger partial charge is 0.491 e. The first kappa shape index (κ1) is 34.3. The van der Waals surface area contributed by atoms with Gasteiger partial charge < -0.3 is 30.1 Å². The van der Waals surface area contributed by atoms with Gasteiger partial charge in [-0.25, -0.2) is 0 Å². The minimum Gasteiger partial charge on any atom is -0.491 e. The molecule has 3 amide bonds. The van der Waals surface area contributed by atoms with Gasteiger partial charge in [0.05, 0.1) is 12.5 Å². The number of carbonyl (C=O) groups excluding carboxylic acids is 4. The van der Waals surface area contributed by atoms with Crippen molar-refractivity contribution in [3.8, 4) is 5.75 Å². The van der Waals surface area contributed by atoms with Crippen LogP contribution in [0.5, 0.6) is 5.75 Å². The van der Waals surface area contributed by atoms with Crippen LogP contribution in [0.3, 0.4) is 0 Å². The minimum atomic E-state index is -1.24. The summed E-state index contributed by atoms with van der Waals surface area (Å²) in [5.74, 6) is -1.58. The summed E-state index contributed by atoms with van der Waals surface area (Å²) in [5.41, 5.74) is 0.0990. The Morgan fingerprint density at radius 3 is 2.25 bits per heavy atom. The summed E-state index contributed by atoms with van der Waals surface area (Å²) in [5, 5.41) is 16.6. The molecule has 0 bridgehead atoms. The molecule has 10 heteroatoms. The van der Waals surface area contributed by atoms with Crippen LogP contribution in [-0.2, 0) is 23.9 Å². The van der Waals surface area contributed by atoms with Crippen LogP contribution in [0, 0.1) is 5.92 Å². The average molecular weight is 608 g/mol. The third-order valence-corrected chi connectivity index (χ3v) is 7.06. The van der Waals surface area contributed by atoms with Crippen molar-refractivity contribution in [3.63, 3.8) is 0 Å². The molecule has 0 saturated carbocycles. The van der Waals surface area contributed by atoms with Crippen molar-refractivity contribution in [2.24, 2.45) is 5.92 Å². The summed E-state index contributed by atoms with van der Waals surface area (Å²) < 4.78 is 11.1. The molecule has 4 atom stereocenters. The fourth-order valence-electron chi connectivity index (χ4n) is 4.87. The number of hydrogen-bond donors (Lipinski definition) is 3. The van der Waals surface area contributed by atoms with Crippen molar-refractivity contribution in [1.29, 1.82) is 0 Å². The molecule has 10 nitrogen and oxygen atoms in total. The van der Waals surface area contributed by atoms with Crippen LogP contribution in [0.15, 0.2) is 66.7 Å². The van der Waals surface area contributed by atoms with Crippen LogP contribution < -0.4 is 15.4 Å². The topological polar surface area (TPSA) is 134 Å². The standard InChI is InChI=1S/C34H45N3O7/c1-23(2)31(36-29(39)19-18-24-13-8-6-9-14-24)33(42)37-20-12-17-27(37)32(41)35-26(21-30(40)44-34(3,4)5)28(38)22-43-25-15-10-7-11-16-25/h6-11,13-16,18-19,23,26-28,31,38H,12,17,20-22H2,1-5H3,(H,35,41)(H,36,39)/b19-18+/t26-,27-,28?,31-/m0/s1. The van der Waals surface area contributed by atoms with Crippen LogP contribution in [0.1, 0.15) is 59.4 Å². The molecule has 0 radical (unpaired) electrons. The number of likely N-dealkylation sites (tertiary alicyclic amines) is 1. The van der Waals surface area contributed by atoms with Crippen LogP contribution >= 0.6 is 0 Å². The molecule has 0 aromatic heterocycles. The monoisotopic (exact) mass is 607 g/mol. The van der Waals surface area contributed by atoms with Gasteiger partial charge in [0.1, 0.15) is 36.1 Å². The van der Waals surface area contributed by atoms with E-state index in [0.717, 1.165) is 5.56 Å². The van der Waals surface area contributed by atoms with E-state index in [1.807, 2.05) is 50.2 Å². The van der Waals surface area contributed by atoms with Gasteiger partial charge in [0.25, 0.3) is 0 Å². The number of rotatable bonds is 13. The lowest BCUT2D eigenvalue weighted by molar-refractivity contribution is -0.156. The van der Waals surface area contributed by atoms with Gasteiger partial charge in [-0.15, -0.1) is 0 Å². The van der Waals surface area contributed by atoms with Gasteiger partial charge in [-0.3, -0.25) is 19.2 Å². The Balaban J connectivity index is 1.70. The van der Waals surface area contributed by atoms with E-state index >= 15 is 0 Å². The van der Waals surface area contributed by atoms with Crippen molar-refractivity contribution >= 4 is 29.8 Å². The Morgan fingerprint density at radius 1 is 1.00 bits per heavy atom. The van der Waals surface area contributed by atoms with E-state index in [-0.39, 0.29) is 24.9 Å². The van der Waals surface area contributed by atoms with Gasteiger partial charge in [0.15, 0.2) is 0 Å². The van der Waals surface area contributed by atoms with Crippen molar-refractivity contribution < 1.29 is 33.8 Å². The van der Waals surface area contributed by atoms with Crippen LogP contribution in [0.2, 0.25) is 0 Å². The van der Waals surface area contributed by atoms with E-state index in [1.165, 1.54) is 11.0 Å². The minimum absolute atomic E-state index is 0.178. The lowest BCUT2D eigenvalue weighted by Crippen LogP contribution is -2.57. The second kappa shape index (κ2) is 16.0. The highest BCUT2D eigenvalue weighted by Crippen LogP contribution is 2.22. The molecule has 1 fully saturated rings. The number of esters is 1. The third kappa shape index (κ3) is 10.8. The summed E-state index contributed by atoms with van der Waals surface area (Å²) in [6, 6.07) is 15.5. The number of nitrogens with one attached hydrogen (secondary N) is 2. The number of nitrogens with zero attached hydrogens (tertiary/aromatic N) is 1. The number of para-hydroxylation sites is 1. The average Bonchev–Trinajstić information content (AvgIpc) is 3.47. The lowest BCUT2D eigenvalue weighted by atomic mass is 10.0. The molecule has 0 spiro atoms. The number of hydrogen-bond acceptors (Lipinski definition) is 7. The van der Waals surface area contributed by atoms with E-state index in [4.69, 9.17) is 9.47 Å². The molecule has 3 N–H and O–H groups in total. The Hall–Kier alpha value is -4.18. The molecule has 3 rings (SSSR count). The van der Waals surface area contributed by atoms with Gasteiger partial charge in [0.2, 0.25) is 17.7 Å². The molecule has 238 valence electrons. The Kier molecular flexibility index (Phi) is 12.5. The molecule has 1 aliphatic heterocycles. The smallest absolute Gasteiger partial charge is 0.308 e. The first-order chi connectivity index (χ1) is 20.8. The highest BCUT2D eigenvalue weighted by molar-refractivity contribution is 5.97. The predicted octanol–water partition coefficient (Wildman–Crippen LogP) is 3.49. The molecule has 1 heterocycles. The van der Waals surface area contributed by atoms with Crippen molar-refractivity contribution in [1.82, 2.24) is 15.5 Å². The quantitative estimate of drug-likeness (QED) is 0.234. The van der Waals surface area contributed by atoms with Crippen LogP contribution in [-0.4, -0.2) is 76.7 Å². The highest BCUT2D eigenvalue weighted by Gasteiger charge is 2.40.